The van der Waals surface area contributed by atoms with Gasteiger partial charge in [0.05, 0.1) is 18.1 Å². The van der Waals surface area contributed by atoms with Crippen molar-refractivity contribution in [3.8, 4) is 0 Å². The van der Waals surface area contributed by atoms with Crippen LogP contribution in [0.3, 0.4) is 0 Å². The number of hydrogen-bond acceptors (Lipinski definition) is 9. The standard InChI is InChI=1S/C32H40N4O7/c1-30(2,3)42-28(39)36(29(40)43-31(4,5)6)13-11-9-8-10-12-20-14-23-25(34-18-20)35-27(38)32(23)16-21-15-22(26(37)41-7)19-33-24(21)17-32/h10,12,14-15,18-19H,8-9,11,13,16-17H2,1-7H3,(H,34,35,38)/b12-10+/t32-/m0/s1. The molecule has 0 saturated heterocycles. The molecule has 43 heavy (non-hydrogen) atoms. The molecule has 0 saturated carbocycles. The number of methoxy groups -OCH3 is 1. The number of hydrogen-bond donors (Lipinski definition) is 1. The van der Waals surface area contributed by atoms with Gasteiger partial charge in [-0.2, -0.15) is 0 Å². The summed E-state index contributed by atoms with van der Waals surface area (Å²) in [6.45, 7) is 10.6. The van der Waals surface area contributed by atoms with Gasteiger partial charge in [-0.05, 0) is 90.5 Å². The highest BCUT2D eigenvalue weighted by Crippen LogP contribution is 2.46. The largest absolute Gasteiger partial charge is 0.465 e. The molecule has 1 atom stereocenters. The van der Waals surface area contributed by atoms with Crippen LogP contribution >= 0.6 is 0 Å². The van der Waals surface area contributed by atoms with E-state index in [1.807, 2.05) is 18.2 Å². The van der Waals surface area contributed by atoms with E-state index in [4.69, 9.17) is 14.2 Å². The second-order valence-electron chi connectivity index (χ2n) is 12.9. The van der Waals surface area contributed by atoms with Crippen molar-refractivity contribution in [3.63, 3.8) is 0 Å². The first kappa shape index (κ1) is 31.7. The zero-order valence-electron chi connectivity index (χ0n) is 25.9. The lowest BCUT2D eigenvalue weighted by molar-refractivity contribution is -0.120. The summed E-state index contributed by atoms with van der Waals surface area (Å²) in [5.74, 6) is -0.0650. The number of fused-ring (bicyclic) bond motifs is 3. The van der Waals surface area contributed by atoms with Gasteiger partial charge in [-0.25, -0.2) is 24.3 Å². The first-order valence-corrected chi connectivity index (χ1v) is 14.4. The molecule has 0 radical (unpaired) electrons. The Morgan fingerprint density at radius 3 is 2.28 bits per heavy atom. The van der Waals surface area contributed by atoms with Crippen LogP contribution in [-0.4, -0.2) is 63.8 Å². The highest BCUT2D eigenvalue weighted by atomic mass is 16.6. The van der Waals surface area contributed by atoms with Crippen LogP contribution in [0, 0.1) is 0 Å². The summed E-state index contributed by atoms with van der Waals surface area (Å²) in [6.07, 6.45) is 8.47. The summed E-state index contributed by atoms with van der Waals surface area (Å²) in [6, 6.07) is 3.72. The Labute approximate surface area is 252 Å². The van der Waals surface area contributed by atoms with Crippen LogP contribution in [-0.2, 0) is 37.3 Å². The highest BCUT2D eigenvalue weighted by molar-refractivity contribution is 6.06. The van der Waals surface area contributed by atoms with Crippen molar-refractivity contribution in [2.75, 3.05) is 19.0 Å². The molecular weight excluding hydrogens is 552 g/mol. The van der Waals surface area contributed by atoms with Gasteiger partial charge < -0.3 is 19.5 Å². The van der Waals surface area contributed by atoms with Crippen molar-refractivity contribution in [3.05, 3.63) is 58.6 Å². The van der Waals surface area contributed by atoms with Gasteiger partial charge in [0.2, 0.25) is 5.91 Å². The van der Waals surface area contributed by atoms with Gasteiger partial charge in [-0.3, -0.25) is 9.78 Å². The molecule has 0 unspecified atom stereocenters. The Balaban J connectivity index is 1.39. The minimum atomic E-state index is -0.830. The van der Waals surface area contributed by atoms with Crippen molar-refractivity contribution < 1.29 is 33.4 Å². The number of amides is 3. The lowest BCUT2D eigenvalue weighted by atomic mass is 9.79. The third-order valence-corrected chi connectivity index (χ3v) is 7.07. The molecule has 2 aromatic rings. The minimum Gasteiger partial charge on any atom is -0.465 e. The number of esters is 1. The van der Waals surface area contributed by atoms with E-state index in [0.29, 0.717) is 43.5 Å². The molecule has 3 amide bonds. The van der Waals surface area contributed by atoms with E-state index < -0.39 is 34.8 Å². The van der Waals surface area contributed by atoms with Crippen molar-refractivity contribution in [2.45, 2.75) is 90.3 Å². The van der Waals surface area contributed by atoms with E-state index in [9.17, 15) is 19.2 Å². The molecule has 2 aliphatic rings. The van der Waals surface area contributed by atoms with Crippen LogP contribution in [0.5, 0.6) is 0 Å². The third-order valence-electron chi connectivity index (χ3n) is 7.07. The molecule has 3 heterocycles. The smallest absolute Gasteiger partial charge is 0.419 e. The number of pyridine rings is 2. The topological polar surface area (TPSA) is 137 Å². The lowest BCUT2D eigenvalue weighted by Crippen LogP contribution is -2.44. The van der Waals surface area contributed by atoms with Crippen LogP contribution < -0.4 is 5.32 Å². The number of carbonyl (C=O) groups excluding carboxylic acids is 4. The number of unbranched alkanes of at least 4 members (excludes halogenated alkanes) is 2. The summed E-state index contributed by atoms with van der Waals surface area (Å²) in [7, 11) is 1.32. The fourth-order valence-electron chi connectivity index (χ4n) is 5.13. The molecule has 0 fully saturated rings. The Kier molecular flexibility index (Phi) is 8.94. The fraction of sp³-hybridized carbons (Fsp3) is 0.500. The maximum atomic E-state index is 13.2. The predicted molar refractivity (Wildman–Crippen MR) is 160 cm³/mol. The number of carbonyl (C=O) groups is 4. The van der Waals surface area contributed by atoms with Crippen molar-refractivity contribution >= 4 is 36.0 Å². The number of anilines is 1. The maximum absolute atomic E-state index is 13.2. The van der Waals surface area contributed by atoms with Crippen LogP contribution in [0.4, 0.5) is 15.4 Å². The quantitative estimate of drug-likeness (QED) is 0.247. The molecule has 230 valence electrons. The van der Waals surface area contributed by atoms with Crippen molar-refractivity contribution in [2.24, 2.45) is 0 Å². The number of imide groups is 1. The van der Waals surface area contributed by atoms with E-state index in [0.717, 1.165) is 27.3 Å². The second-order valence-corrected chi connectivity index (χ2v) is 12.9. The van der Waals surface area contributed by atoms with Crippen molar-refractivity contribution in [1.29, 1.82) is 0 Å². The molecule has 0 bridgehead atoms. The number of nitrogens with zero attached hydrogens (tertiary/aromatic N) is 3. The van der Waals surface area contributed by atoms with Crippen LogP contribution in [0.15, 0.2) is 30.6 Å². The zero-order valence-corrected chi connectivity index (χ0v) is 25.9. The Morgan fingerprint density at radius 1 is 0.977 bits per heavy atom. The minimum absolute atomic E-state index is 0.131. The van der Waals surface area contributed by atoms with Gasteiger partial charge in [0.15, 0.2) is 0 Å². The number of rotatable bonds is 7. The lowest BCUT2D eigenvalue weighted by Gasteiger charge is -2.28. The molecule has 0 aromatic carbocycles. The molecule has 1 aliphatic carbocycles. The maximum Gasteiger partial charge on any atom is 0.419 e. The number of nitrogens with one attached hydrogen (secondary N) is 1. The first-order valence-electron chi connectivity index (χ1n) is 14.4. The van der Waals surface area contributed by atoms with E-state index in [1.54, 1.807) is 53.8 Å². The van der Waals surface area contributed by atoms with Crippen LogP contribution in [0.25, 0.3) is 6.08 Å². The van der Waals surface area contributed by atoms with Gasteiger partial charge in [0, 0.05) is 36.6 Å². The number of ether oxygens (including phenoxy) is 3. The van der Waals surface area contributed by atoms with E-state index in [-0.39, 0.29) is 12.5 Å². The van der Waals surface area contributed by atoms with Gasteiger partial charge in [-0.1, -0.05) is 12.2 Å². The zero-order chi connectivity index (χ0) is 31.6. The van der Waals surface area contributed by atoms with Gasteiger partial charge in [0.1, 0.15) is 17.0 Å². The normalized spacial score (nSPS) is 17.4. The van der Waals surface area contributed by atoms with Crippen molar-refractivity contribution in [1.82, 2.24) is 14.9 Å². The fourth-order valence-corrected chi connectivity index (χ4v) is 5.13. The summed E-state index contributed by atoms with van der Waals surface area (Å²) in [4.78, 5) is 60.5. The molecule has 1 aliphatic heterocycles. The average molecular weight is 593 g/mol. The summed E-state index contributed by atoms with van der Waals surface area (Å²) in [5.41, 5.74) is 1.32. The SMILES string of the molecule is COC(=O)c1cnc2c(c1)C[C@@]1(C2)C(=O)Nc2ncc(/C=C/CCCCN(C(=O)OC(C)(C)C)C(=O)OC(C)(C)C)cc21. The van der Waals surface area contributed by atoms with E-state index in [1.165, 1.54) is 13.3 Å². The number of aromatic nitrogens is 2. The summed E-state index contributed by atoms with van der Waals surface area (Å²) >= 11 is 0. The first-order chi connectivity index (χ1) is 20.1. The summed E-state index contributed by atoms with van der Waals surface area (Å²) < 4.78 is 15.6. The van der Waals surface area contributed by atoms with Gasteiger partial charge in [-0.15, -0.1) is 0 Å². The Bertz CT molecular complexity index is 1430. The molecule has 4 rings (SSSR count). The second kappa shape index (κ2) is 12.1. The van der Waals surface area contributed by atoms with Gasteiger partial charge in [0.25, 0.3) is 0 Å². The molecule has 11 nitrogen and oxygen atoms in total. The third kappa shape index (κ3) is 7.39. The highest BCUT2D eigenvalue weighted by Gasteiger charge is 2.52. The molecule has 11 heteroatoms. The Morgan fingerprint density at radius 2 is 1.65 bits per heavy atom. The van der Waals surface area contributed by atoms with E-state index in [2.05, 4.69) is 15.3 Å². The molecule has 2 aromatic heterocycles. The molecular formula is C32H40N4O7. The molecule has 1 spiro atoms. The van der Waals surface area contributed by atoms with Crippen LogP contribution in [0.2, 0.25) is 0 Å². The molecule has 1 N–H and O–H groups in total. The van der Waals surface area contributed by atoms with Gasteiger partial charge >= 0.3 is 18.2 Å². The predicted octanol–water partition coefficient (Wildman–Crippen LogP) is 5.61. The average Bonchev–Trinajstić information content (AvgIpc) is 3.42. The summed E-state index contributed by atoms with van der Waals surface area (Å²) in [5, 5.41) is 2.91. The Hall–Kier alpha value is -4.28. The van der Waals surface area contributed by atoms with Crippen LogP contribution in [0.1, 0.15) is 93.5 Å². The number of allylic oxidation sites excluding steroid dienone is 1. The van der Waals surface area contributed by atoms with E-state index >= 15 is 0 Å². The monoisotopic (exact) mass is 592 g/mol.